The molecule has 1 aliphatic carbocycles. The second-order valence-electron chi connectivity index (χ2n) is 7.77. The van der Waals surface area contributed by atoms with Gasteiger partial charge in [-0.1, -0.05) is 25.7 Å². The van der Waals surface area contributed by atoms with Crippen LogP contribution in [0.1, 0.15) is 38.5 Å². The number of carbonyl (C=O) groups excluding carboxylic acids is 3. The van der Waals surface area contributed by atoms with E-state index in [-0.39, 0.29) is 24.1 Å². The molecule has 2 atom stereocenters. The number of nitrogens with zero attached hydrogens (tertiary/aromatic N) is 2. The first-order chi connectivity index (χ1) is 14.0. The summed E-state index contributed by atoms with van der Waals surface area (Å²) in [5.74, 6) is -0.717. The molecule has 158 valence electrons. The van der Waals surface area contributed by atoms with Crippen molar-refractivity contribution in [3.8, 4) is 5.75 Å². The van der Waals surface area contributed by atoms with E-state index < -0.39 is 12.0 Å². The molecule has 1 saturated heterocycles. The highest BCUT2D eigenvalue weighted by molar-refractivity contribution is 5.97. The number of nitrogens with one attached hydrogen (secondary N) is 2. The molecule has 0 bridgehead atoms. The smallest absolute Gasteiger partial charge is 0.248 e. The second kappa shape index (κ2) is 9.71. The molecule has 2 aliphatic rings. The Morgan fingerprint density at radius 2 is 1.93 bits per heavy atom. The van der Waals surface area contributed by atoms with Gasteiger partial charge in [-0.15, -0.1) is 0 Å². The van der Waals surface area contributed by atoms with E-state index in [9.17, 15) is 24.7 Å². The van der Waals surface area contributed by atoms with Gasteiger partial charge >= 0.3 is 0 Å². The van der Waals surface area contributed by atoms with Crippen molar-refractivity contribution in [3.63, 3.8) is 0 Å². The van der Waals surface area contributed by atoms with Crippen LogP contribution < -0.4 is 10.7 Å². The van der Waals surface area contributed by atoms with Crippen molar-refractivity contribution in [1.82, 2.24) is 15.5 Å². The fraction of sp³-hybridized carbons (Fsp3) is 0.550. The van der Waals surface area contributed by atoms with E-state index in [1.165, 1.54) is 17.1 Å². The summed E-state index contributed by atoms with van der Waals surface area (Å²) >= 11 is 0. The molecule has 1 aromatic rings. The highest BCUT2D eigenvalue weighted by Gasteiger charge is 2.38. The monoisotopic (exact) mass is 404 g/mol. The summed E-state index contributed by atoms with van der Waals surface area (Å²) in [4.78, 5) is 36.8. The summed E-state index contributed by atoms with van der Waals surface area (Å²) in [5, 5.41) is 23.6. The number of hydrogen-bond donors (Lipinski definition) is 4. The van der Waals surface area contributed by atoms with Crippen molar-refractivity contribution in [2.75, 3.05) is 18.4 Å². The van der Waals surface area contributed by atoms with Gasteiger partial charge in [-0.2, -0.15) is 0 Å². The number of phenolic OH excluding ortho intramolecular Hbond substituents is 1. The van der Waals surface area contributed by atoms with Gasteiger partial charge in [-0.25, -0.2) is 10.5 Å². The van der Waals surface area contributed by atoms with Gasteiger partial charge in [0.25, 0.3) is 0 Å². The van der Waals surface area contributed by atoms with Crippen LogP contribution in [-0.2, 0) is 14.4 Å². The molecule has 9 nitrogen and oxygen atoms in total. The SMILES string of the molecule is O=CN(O)CC(CC1CCCC1)C(=O)N1NCCC1C(=O)Nc1ccc(O)cc1. The minimum Gasteiger partial charge on any atom is -0.508 e. The highest BCUT2D eigenvalue weighted by Crippen LogP contribution is 2.31. The zero-order chi connectivity index (χ0) is 20.8. The average molecular weight is 404 g/mol. The third kappa shape index (κ3) is 5.45. The first kappa shape index (κ1) is 21.1. The number of phenols is 1. The first-order valence-electron chi connectivity index (χ1n) is 10.0. The summed E-state index contributed by atoms with van der Waals surface area (Å²) in [5.41, 5.74) is 3.50. The first-order valence-corrected chi connectivity index (χ1v) is 10.0. The molecule has 4 N–H and O–H groups in total. The van der Waals surface area contributed by atoms with Gasteiger partial charge in [0.2, 0.25) is 18.2 Å². The Kier molecular flexibility index (Phi) is 7.05. The van der Waals surface area contributed by atoms with Crippen LogP contribution >= 0.6 is 0 Å². The zero-order valence-electron chi connectivity index (χ0n) is 16.3. The van der Waals surface area contributed by atoms with E-state index in [1.807, 2.05) is 0 Å². The third-order valence-corrected chi connectivity index (χ3v) is 5.66. The topological polar surface area (TPSA) is 122 Å². The lowest BCUT2D eigenvalue weighted by molar-refractivity contribution is -0.159. The maximum atomic E-state index is 13.2. The number of anilines is 1. The molecule has 1 aromatic carbocycles. The summed E-state index contributed by atoms with van der Waals surface area (Å²) < 4.78 is 0. The van der Waals surface area contributed by atoms with Crippen molar-refractivity contribution in [1.29, 1.82) is 0 Å². The summed E-state index contributed by atoms with van der Waals surface area (Å²) in [6.45, 7) is 0.384. The van der Waals surface area contributed by atoms with E-state index >= 15 is 0 Å². The molecule has 29 heavy (non-hydrogen) atoms. The van der Waals surface area contributed by atoms with Crippen LogP contribution in [0.25, 0.3) is 0 Å². The van der Waals surface area contributed by atoms with E-state index in [2.05, 4.69) is 10.7 Å². The van der Waals surface area contributed by atoms with Crippen molar-refractivity contribution >= 4 is 23.9 Å². The summed E-state index contributed by atoms with van der Waals surface area (Å²) in [6, 6.07) is 5.42. The molecule has 3 amide bonds. The number of rotatable bonds is 8. The molecule has 2 fully saturated rings. The predicted octanol–water partition coefficient (Wildman–Crippen LogP) is 1.48. The van der Waals surface area contributed by atoms with Crippen molar-refractivity contribution < 1.29 is 24.7 Å². The molecule has 1 saturated carbocycles. The lowest BCUT2D eigenvalue weighted by atomic mass is 9.92. The number of hydrazine groups is 1. The lowest BCUT2D eigenvalue weighted by Gasteiger charge is -2.30. The maximum Gasteiger partial charge on any atom is 0.248 e. The fourth-order valence-corrected chi connectivity index (χ4v) is 4.18. The molecule has 0 aromatic heterocycles. The number of hydroxylamine groups is 2. The van der Waals surface area contributed by atoms with Crippen molar-refractivity contribution in [3.05, 3.63) is 24.3 Å². The summed E-state index contributed by atoms with van der Waals surface area (Å²) in [6.07, 6.45) is 5.66. The number of benzene rings is 1. The predicted molar refractivity (Wildman–Crippen MR) is 105 cm³/mol. The highest BCUT2D eigenvalue weighted by atomic mass is 16.5. The van der Waals surface area contributed by atoms with Crippen LogP contribution in [0.2, 0.25) is 0 Å². The number of amides is 3. The lowest BCUT2D eigenvalue weighted by Crippen LogP contribution is -2.51. The van der Waals surface area contributed by atoms with Gasteiger partial charge in [0.1, 0.15) is 11.8 Å². The van der Waals surface area contributed by atoms with Crippen LogP contribution in [0.3, 0.4) is 0 Å². The van der Waals surface area contributed by atoms with Crippen molar-refractivity contribution in [2.24, 2.45) is 11.8 Å². The van der Waals surface area contributed by atoms with Crippen LogP contribution in [0, 0.1) is 11.8 Å². The minimum atomic E-state index is -0.689. The van der Waals surface area contributed by atoms with Gasteiger partial charge < -0.3 is 10.4 Å². The van der Waals surface area contributed by atoms with E-state index in [4.69, 9.17) is 0 Å². The van der Waals surface area contributed by atoms with E-state index in [0.29, 0.717) is 42.5 Å². The average Bonchev–Trinajstić information content (AvgIpc) is 3.40. The van der Waals surface area contributed by atoms with Crippen LogP contribution in [-0.4, -0.2) is 57.7 Å². The van der Waals surface area contributed by atoms with E-state index in [1.54, 1.807) is 12.1 Å². The fourth-order valence-electron chi connectivity index (χ4n) is 4.18. The largest absolute Gasteiger partial charge is 0.508 e. The Hall–Kier alpha value is -2.65. The van der Waals surface area contributed by atoms with Gasteiger partial charge in [-0.05, 0) is 43.0 Å². The molecule has 1 aliphatic heterocycles. The molecule has 3 rings (SSSR count). The standard InChI is InChI=1S/C20H28N4O5/c25-13-23(29)12-15(11-14-3-1-2-4-14)20(28)24-18(9-10-21-24)19(27)22-16-5-7-17(26)8-6-16/h5-8,13-15,18,21,26,29H,1-4,9-12H2,(H,22,27). The molecular weight excluding hydrogens is 376 g/mol. The maximum absolute atomic E-state index is 13.2. The van der Waals surface area contributed by atoms with Crippen LogP contribution in [0.5, 0.6) is 5.75 Å². The number of aromatic hydroxyl groups is 1. The second-order valence-corrected chi connectivity index (χ2v) is 7.77. The molecule has 1 heterocycles. The molecule has 0 radical (unpaired) electrons. The van der Waals surface area contributed by atoms with Gasteiger partial charge in [0, 0.05) is 12.2 Å². The van der Waals surface area contributed by atoms with Crippen LogP contribution in [0.15, 0.2) is 24.3 Å². The Balaban J connectivity index is 1.68. The summed E-state index contributed by atoms with van der Waals surface area (Å²) in [7, 11) is 0. The number of hydrogen-bond acceptors (Lipinski definition) is 6. The molecule has 0 spiro atoms. The number of carbonyl (C=O) groups is 3. The normalized spacial score (nSPS) is 20.4. The van der Waals surface area contributed by atoms with Gasteiger partial charge in [0.05, 0.1) is 12.5 Å². The van der Waals surface area contributed by atoms with E-state index in [0.717, 1.165) is 25.7 Å². The Bertz CT molecular complexity index is 720. The quantitative estimate of drug-likeness (QED) is 0.225. The van der Waals surface area contributed by atoms with Gasteiger partial charge in [0.15, 0.2) is 0 Å². The third-order valence-electron chi connectivity index (χ3n) is 5.66. The Morgan fingerprint density at radius 3 is 2.59 bits per heavy atom. The van der Waals surface area contributed by atoms with Crippen LogP contribution in [0.4, 0.5) is 5.69 Å². The van der Waals surface area contributed by atoms with Gasteiger partial charge in [-0.3, -0.25) is 24.6 Å². The molecular formula is C20H28N4O5. The van der Waals surface area contributed by atoms with Crippen molar-refractivity contribution in [2.45, 2.75) is 44.6 Å². The minimum absolute atomic E-state index is 0.0939. The Morgan fingerprint density at radius 1 is 1.24 bits per heavy atom. The zero-order valence-corrected chi connectivity index (χ0v) is 16.3. The Labute approximate surface area is 169 Å². The molecule has 9 heteroatoms. The molecule has 2 unspecified atom stereocenters.